The Morgan fingerprint density at radius 1 is 1.16 bits per heavy atom. The van der Waals surface area contributed by atoms with Gasteiger partial charge in [-0.05, 0) is 11.6 Å². The second kappa shape index (κ2) is 9.74. The number of aromatic nitrogens is 4. The van der Waals surface area contributed by atoms with Crippen LogP contribution in [-0.4, -0.2) is 42.7 Å². The highest BCUT2D eigenvalue weighted by atomic mass is 35.5. The summed E-state index contributed by atoms with van der Waals surface area (Å²) in [6.07, 6.45) is -0.790. The number of fused-ring (bicyclic) bond motifs is 1. The lowest BCUT2D eigenvalue weighted by molar-refractivity contribution is 0.0398. The zero-order valence-corrected chi connectivity index (χ0v) is 20.3. The number of aliphatic hydroxyl groups is 1. The summed E-state index contributed by atoms with van der Waals surface area (Å²) in [5.74, 6) is 0.768. The van der Waals surface area contributed by atoms with Gasteiger partial charge in [0.2, 0.25) is 0 Å². The van der Waals surface area contributed by atoms with Gasteiger partial charge in [0.15, 0.2) is 5.65 Å². The van der Waals surface area contributed by atoms with Crippen LogP contribution in [0, 0.1) is 0 Å². The van der Waals surface area contributed by atoms with Crippen LogP contribution in [0.2, 0.25) is 5.02 Å². The Hall–Kier alpha value is -2.20. The quantitative estimate of drug-likeness (QED) is 0.411. The lowest BCUT2D eigenvalue weighted by Gasteiger charge is -2.19. The lowest BCUT2D eigenvalue weighted by atomic mass is 9.96. The van der Waals surface area contributed by atoms with Gasteiger partial charge in [0.1, 0.15) is 16.2 Å². The first-order valence-electron chi connectivity index (χ1n) is 10.1. The zero-order valence-electron chi connectivity index (χ0n) is 18.8. The van der Waals surface area contributed by atoms with Crippen molar-refractivity contribution in [2.45, 2.75) is 43.9 Å². The standard InChI is InChI=1S/C22H27ClN4O4S/c1-22(2,3)20-24-17-16(19(29)27(5)21(30)26(17)4)18(25-20)32-12-14(28)11-31-10-13-8-6-7-9-15(13)23/h6-9,14,28H,10-12H2,1-5H3/t14-/m1/s1. The molecule has 0 aliphatic rings. The van der Waals surface area contributed by atoms with Crippen LogP contribution in [0.15, 0.2) is 38.9 Å². The maximum atomic E-state index is 12.8. The summed E-state index contributed by atoms with van der Waals surface area (Å²) in [7, 11) is 3.00. The molecule has 0 amide bonds. The number of hydrogen-bond acceptors (Lipinski definition) is 7. The van der Waals surface area contributed by atoms with Crippen molar-refractivity contribution in [3.63, 3.8) is 0 Å². The molecule has 32 heavy (non-hydrogen) atoms. The van der Waals surface area contributed by atoms with E-state index in [9.17, 15) is 14.7 Å². The first-order chi connectivity index (χ1) is 15.0. The van der Waals surface area contributed by atoms with Gasteiger partial charge >= 0.3 is 5.69 Å². The van der Waals surface area contributed by atoms with E-state index < -0.39 is 22.8 Å². The molecule has 1 aromatic carbocycles. The van der Waals surface area contributed by atoms with Crippen LogP contribution in [0.5, 0.6) is 0 Å². The number of aryl methyl sites for hydroxylation is 1. The zero-order chi connectivity index (χ0) is 23.6. The van der Waals surface area contributed by atoms with Gasteiger partial charge in [-0.15, -0.1) is 11.8 Å². The predicted molar refractivity (Wildman–Crippen MR) is 127 cm³/mol. The third kappa shape index (κ3) is 5.23. The molecule has 0 saturated heterocycles. The van der Waals surface area contributed by atoms with E-state index in [0.717, 1.165) is 10.1 Å². The topological polar surface area (TPSA) is 99.2 Å². The van der Waals surface area contributed by atoms with Crippen molar-refractivity contribution >= 4 is 34.4 Å². The molecule has 0 aliphatic heterocycles. The smallest absolute Gasteiger partial charge is 0.332 e. The molecule has 3 rings (SSSR count). The molecule has 0 bridgehead atoms. The van der Waals surface area contributed by atoms with Crippen LogP contribution in [0.25, 0.3) is 11.0 Å². The Balaban J connectivity index is 1.83. The van der Waals surface area contributed by atoms with Crippen LogP contribution in [0.3, 0.4) is 0 Å². The van der Waals surface area contributed by atoms with Crippen molar-refractivity contribution in [2.75, 3.05) is 12.4 Å². The second-order valence-corrected chi connectivity index (χ2v) is 9.99. The maximum Gasteiger partial charge on any atom is 0.332 e. The molecule has 1 N–H and O–H groups in total. The van der Waals surface area contributed by atoms with Gasteiger partial charge in [-0.3, -0.25) is 13.9 Å². The van der Waals surface area contributed by atoms with Crippen molar-refractivity contribution < 1.29 is 9.84 Å². The number of benzene rings is 1. The molecule has 8 nitrogen and oxygen atoms in total. The van der Waals surface area contributed by atoms with Crippen LogP contribution < -0.4 is 11.2 Å². The fraction of sp³-hybridized carbons (Fsp3) is 0.455. The van der Waals surface area contributed by atoms with Crippen molar-refractivity contribution in [2.24, 2.45) is 14.1 Å². The number of halogens is 1. The monoisotopic (exact) mass is 478 g/mol. The number of aliphatic hydroxyl groups excluding tert-OH is 1. The summed E-state index contributed by atoms with van der Waals surface area (Å²) in [4.78, 5) is 34.4. The first-order valence-corrected chi connectivity index (χ1v) is 11.5. The molecule has 0 spiro atoms. The summed E-state index contributed by atoms with van der Waals surface area (Å²) >= 11 is 7.36. The molecule has 0 aliphatic carbocycles. The van der Waals surface area contributed by atoms with E-state index in [4.69, 9.17) is 16.3 Å². The highest BCUT2D eigenvalue weighted by Gasteiger charge is 2.24. The summed E-state index contributed by atoms with van der Waals surface area (Å²) < 4.78 is 7.99. The van der Waals surface area contributed by atoms with Gasteiger partial charge in [0.05, 0.1) is 19.3 Å². The van der Waals surface area contributed by atoms with Crippen LogP contribution in [0.4, 0.5) is 0 Å². The molecule has 0 saturated carbocycles. The SMILES string of the molecule is Cn1c(=O)c2c(SC[C@H](O)COCc3ccccc3Cl)nc(C(C)(C)C)nc2n(C)c1=O. The molecule has 2 aromatic heterocycles. The van der Waals surface area contributed by atoms with E-state index in [0.29, 0.717) is 15.9 Å². The lowest BCUT2D eigenvalue weighted by Crippen LogP contribution is -2.38. The minimum atomic E-state index is -0.790. The molecule has 2 heterocycles. The van der Waals surface area contributed by atoms with Crippen molar-refractivity contribution in [1.82, 2.24) is 19.1 Å². The third-order valence-electron chi connectivity index (χ3n) is 4.88. The number of ether oxygens (including phenoxy) is 1. The number of thioether (sulfide) groups is 1. The van der Waals surface area contributed by atoms with Crippen molar-refractivity contribution in [3.8, 4) is 0 Å². The average Bonchev–Trinajstić information content (AvgIpc) is 2.74. The van der Waals surface area contributed by atoms with E-state index in [1.807, 2.05) is 39.0 Å². The van der Waals surface area contributed by atoms with E-state index in [2.05, 4.69) is 9.97 Å². The van der Waals surface area contributed by atoms with E-state index >= 15 is 0 Å². The first kappa shape index (κ1) is 24.4. The molecule has 10 heteroatoms. The van der Waals surface area contributed by atoms with Crippen molar-refractivity contribution in [3.05, 3.63) is 61.5 Å². The molecule has 172 valence electrons. The Bertz CT molecular complexity index is 1250. The Morgan fingerprint density at radius 2 is 1.84 bits per heavy atom. The second-order valence-electron chi connectivity index (χ2n) is 8.58. The summed E-state index contributed by atoms with van der Waals surface area (Å²) in [6, 6.07) is 7.37. The molecule has 0 radical (unpaired) electrons. The van der Waals surface area contributed by atoms with Gasteiger partial charge in [0.25, 0.3) is 5.56 Å². The van der Waals surface area contributed by atoms with E-state index in [1.165, 1.54) is 23.4 Å². The molecule has 1 atom stereocenters. The summed E-state index contributed by atoms with van der Waals surface area (Å²) in [5.41, 5.74) is -0.183. The number of rotatable bonds is 7. The van der Waals surface area contributed by atoms with Gasteiger partial charge in [-0.25, -0.2) is 14.8 Å². The predicted octanol–water partition coefficient (Wildman–Crippen LogP) is 2.65. The molecular formula is C22H27ClN4O4S. The van der Waals surface area contributed by atoms with Gasteiger partial charge < -0.3 is 9.84 Å². The average molecular weight is 479 g/mol. The summed E-state index contributed by atoms with van der Waals surface area (Å²) in [5, 5.41) is 11.7. The largest absolute Gasteiger partial charge is 0.390 e. The highest BCUT2D eigenvalue weighted by Crippen LogP contribution is 2.27. The van der Waals surface area contributed by atoms with E-state index in [1.54, 1.807) is 13.1 Å². The van der Waals surface area contributed by atoms with E-state index in [-0.39, 0.29) is 30.0 Å². The third-order valence-corrected chi connectivity index (χ3v) is 6.36. The molecule has 3 aromatic rings. The highest BCUT2D eigenvalue weighted by molar-refractivity contribution is 7.99. The summed E-state index contributed by atoms with van der Waals surface area (Å²) in [6.45, 7) is 6.26. The van der Waals surface area contributed by atoms with Crippen LogP contribution >= 0.6 is 23.4 Å². The Labute approximate surface area is 195 Å². The molecular weight excluding hydrogens is 452 g/mol. The maximum absolute atomic E-state index is 12.8. The van der Waals surface area contributed by atoms with Crippen LogP contribution in [0.1, 0.15) is 32.2 Å². The number of nitrogens with zero attached hydrogens (tertiary/aromatic N) is 4. The fourth-order valence-corrected chi connectivity index (χ4v) is 4.12. The van der Waals surface area contributed by atoms with Gasteiger partial charge in [-0.2, -0.15) is 0 Å². The molecule has 0 unspecified atom stereocenters. The fourth-order valence-electron chi connectivity index (χ4n) is 3.01. The van der Waals surface area contributed by atoms with Gasteiger partial charge in [0, 0.05) is 30.3 Å². The van der Waals surface area contributed by atoms with Crippen LogP contribution in [-0.2, 0) is 30.9 Å². The van der Waals surface area contributed by atoms with Gasteiger partial charge in [-0.1, -0.05) is 50.6 Å². The molecule has 0 fully saturated rings. The number of hydrogen-bond donors (Lipinski definition) is 1. The Morgan fingerprint density at radius 3 is 2.50 bits per heavy atom. The normalized spacial score (nSPS) is 13.0. The minimum absolute atomic E-state index is 0.101. The minimum Gasteiger partial charge on any atom is -0.390 e. The van der Waals surface area contributed by atoms with Crippen molar-refractivity contribution in [1.29, 1.82) is 0 Å². The Kier molecular flexibility index (Phi) is 7.44.